The zero-order valence-corrected chi connectivity index (χ0v) is 25.5. The molecule has 9 nitrogen and oxygen atoms in total. The van der Waals surface area contributed by atoms with Gasteiger partial charge in [-0.2, -0.15) is 0 Å². The molecule has 0 N–H and O–H groups in total. The first kappa shape index (κ1) is 30.5. The Morgan fingerprint density at radius 2 is 1.80 bits per heavy atom. The quantitative estimate of drug-likeness (QED) is 0.309. The number of allylic oxidation sites excluding steroid dienone is 2. The molecular formula is C35H39FN6O3. The Morgan fingerprint density at radius 3 is 2.53 bits per heavy atom. The first-order chi connectivity index (χ1) is 22.1. The number of hydrogen-bond donors (Lipinski definition) is 0. The molecule has 0 spiro atoms. The van der Waals surface area contributed by atoms with Crippen LogP contribution < -0.4 is 0 Å². The maximum Gasteiger partial charge on any atom is 0.244 e. The van der Waals surface area contributed by atoms with Crippen molar-refractivity contribution in [3.05, 3.63) is 90.2 Å². The molecule has 3 aromatic rings. The number of carbonyl (C=O) groups excluding carboxylic acids is 1. The zero-order valence-electron chi connectivity index (χ0n) is 25.5. The highest BCUT2D eigenvalue weighted by Gasteiger charge is 2.25. The second-order valence-corrected chi connectivity index (χ2v) is 11.4. The van der Waals surface area contributed by atoms with Crippen LogP contribution in [0, 0.1) is 5.82 Å². The summed E-state index contributed by atoms with van der Waals surface area (Å²) in [6.45, 7) is 7.74. The Hall–Kier alpha value is -4.57. The van der Waals surface area contributed by atoms with Crippen molar-refractivity contribution >= 4 is 18.2 Å². The number of ether oxygens (including phenoxy) is 2. The van der Waals surface area contributed by atoms with Crippen molar-refractivity contribution in [1.82, 2.24) is 24.6 Å². The summed E-state index contributed by atoms with van der Waals surface area (Å²) in [6, 6.07) is 13.8. The number of rotatable bonds is 9. The van der Waals surface area contributed by atoms with Crippen LogP contribution in [-0.4, -0.2) is 82.2 Å². The topological polar surface area (TPSA) is 85.1 Å². The molecule has 1 amide bonds. The van der Waals surface area contributed by atoms with Gasteiger partial charge < -0.3 is 19.3 Å². The Balaban J connectivity index is 1.12. The molecule has 3 aliphatic rings. The summed E-state index contributed by atoms with van der Waals surface area (Å²) >= 11 is 0. The Bertz CT molecular complexity index is 1560. The minimum absolute atomic E-state index is 0.0301. The zero-order chi connectivity index (χ0) is 31.0. The van der Waals surface area contributed by atoms with Gasteiger partial charge in [0.2, 0.25) is 11.8 Å². The number of hydrogen-bond acceptors (Lipinski definition) is 7. The Labute approximate surface area is 263 Å². The average molecular weight is 611 g/mol. The summed E-state index contributed by atoms with van der Waals surface area (Å²) in [5.74, 6) is 1.26. The number of piperazine rings is 1. The van der Waals surface area contributed by atoms with Crippen LogP contribution in [0.4, 0.5) is 4.39 Å². The van der Waals surface area contributed by atoms with Gasteiger partial charge in [-0.3, -0.25) is 4.79 Å². The van der Waals surface area contributed by atoms with Crippen molar-refractivity contribution in [2.75, 3.05) is 39.4 Å². The smallest absolute Gasteiger partial charge is 0.244 e. The van der Waals surface area contributed by atoms with E-state index < -0.39 is 0 Å². The number of nitrogens with zero attached hydrogens (tertiary/aromatic N) is 6. The molecule has 0 aliphatic carbocycles. The van der Waals surface area contributed by atoms with Crippen molar-refractivity contribution in [2.24, 2.45) is 4.99 Å². The van der Waals surface area contributed by atoms with Gasteiger partial charge in [-0.05, 0) is 61.9 Å². The fourth-order valence-corrected chi connectivity index (χ4v) is 5.70. The summed E-state index contributed by atoms with van der Waals surface area (Å²) in [4.78, 5) is 27.1. The van der Waals surface area contributed by atoms with Crippen molar-refractivity contribution in [1.29, 1.82) is 0 Å². The lowest BCUT2D eigenvalue weighted by atomic mass is 10.1. The van der Waals surface area contributed by atoms with Gasteiger partial charge >= 0.3 is 0 Å². The van der Waals surface area contributed by atoms with Gasteiger partial charge in [0.15, 0.2) is 11.6 Å². The molecular weight excluding hydrogens is 571 g/mol. The molecule has 45 heavy (non-hydrogen) atoms. The number of halogens is 1. The lowest BCUT2D eigenvalue weighted by Gasteiger charge is -2.37. The van der Waals surface area contributed by atoms with E-state index >= 15 is 0 Å². The van der Waals surface area contributed by atoms with Crippen LogP contribution in [0.1, 0.15) is 37.7 Å². The van der Waals surface area contributed by atoms with Gasteiger partial charge in [-0.1, -0.05) is 43.0 Å². The van der Waals surface area contributed by atoms with Gasteiger partial charge in [0.1, 0.15) is 19.0 Å². The van der Waals surface area contributed by atoms with Gasteiger partial charge in [-0.25, -0.2) is 19.0 Å². The molecule has 1 unspecified atom stereocenters. The van der Waals surface area contributed by atoms with Crippen LogP contribution in [0.3, 0.4) is 0 Å². The van der Waals surface area contributed by atoms with Crippen molar-refractivity contribution in [3.63, 3.8) is 0 Å². The van der Waals surface area contributed by atoms with E-state index in [4.69, 9.17) is 14.5 Å². The van der Waals surface area contributed by atoms with E-state index in [1.54, 1.807) is 22.9 Å². The second-order valence-electron chi connectivity index (χ2n) is 11.4. The number of benzene rings is 2. The minimum Gasteiger partial charge on any atom is -0.475 e. The summed E-state index contributed by atoms with van der Waals surface area (Å²) < 4.78 is 27.1. The first-order valence-corrected chi connectivity index (χ1v) is 15.7. The van der Waals surface area contributed by atoms with Crippen molar-refractivity contribution in [2.45, 2.75) is 44.8 Å². The predicted molar refractivity (Wildman–Crippen MR) is 173 cm³/mol. The molecule has 0 bridgehead atoms. The number of aliphatic imine (C=N–C) groups is 1. The fraction of sp³-hybridized carbons (Fsp3) is 0.371. The second kappa shape index (κ2) is 14.5. The van der Waals surface area contributed by atoms with Crippen molar-refractivity contribution < 1.29 is 18.7 Å². The normalized spacial score (nSPS) is 18.9. The SMILES string of the molecule is C=Cc1ccc(-c2nc(-c3ccc(F)cc3)nn2CC(=O)N2CCN(C3=CCCC=NC(OCC4CCCCO4)=C3)CC2)cc1. The molecule has 1 atom stereocenters. The number of amides is 1. The molecule has 0 saturated carbocycles. The highest BCUT2D eigenvalue weighted by atomic mass is 19.1. The summed E-state index contributed by atoms with van der Waals surface area (Å²) in [7, 11) is 0. The summed E-state index contributed by atoms with van der Waals surface area (Å²) in [5, 5.41) is 4.68. The third kappa shape index (κ3) is 7.75. The van der Waals surface area contributed by atoms with E-state index in [1.807, 2.05) is 41.5 Å². The van der Waals surface area contributed by atoms with Gasteiger partial charge in [0.05, 0.1) is 6.10 Å². The highest BCUT2D eigenvalue weighted by Crippen LogP contribution is 2.25. The fourth-order valence-electron chi connectivity index (χ4n) is 5.70. The molecule has 2 fully saturated rings. The highest BCUT2D eigenvalue weighted by molar-refractivity contribution is 5.77. The Kier molecular flexibility index (Phi) is 9.80. The van der Waals surface area contributed by atoms with Crippen LogP contribution in [0.25, 0.3) is 28.9 Å². The minimum atomic E-state index is -0.330. The van der Waals surface area contributed by atoms with Gasteiger partial charge in [0, 0.05) is 61.9 Å². The Morgan fingerprint density at radius 1 is 1.02 bits per heavy atom. The van der Waals surface area contributed by atoms with Crippen LogP contribution in [0.5, 0.6) is 0 Å². The lowest BCUT2D eigenvalue weighted by Crippen LogP contribution is -2.49. The number of carbonyl (C=O) groups is 1. The molecule has 10 heteroatoms. The molecule has 6 rings (SSSR count). The van der Waals surface area contributed by atoms with Gasteiger partial charge in [0.25, 0.3) is 0 Å². The van der Waals surface area contributed by atoms with Crippen LogP contribution in [0.15, 0.2) is 83.8 Å². The molecule has 3 aliphatic heterocycles. The third-order valence-corrected chi connectivity index (χ3v) is 8.29. The maximum atomic E-state index is 13.6. The standard InChI is InChI=1S/C35H39FN6O3/c1-2-26-9-11-28(12-10-26)35-38-34(27-13-15-29(36)16-14-27)39-42(35)24-33(43)41-20-18-40(19-21-41)30-7-3-5-17-37-32(23-30)45-25-31-8-4-6-22-44-31/h2,7,9-17,23,31H,1,3-6,8,18-22,24-25H2. The van der Waals surface area contributed by atoms with Crippen LogP contribution in [0.2, 0.25) is 0 Å². The van der Waals surface area contributed by atoms with E-state index in [2.05, 4.69) is 27.6 Å². The predicted octanol–water partition coefficient (Wildman–Crippen LogP) is 5.71. The lowest BCUT2D eigenvalue weighted by molar-refractivity contribution is -0.133. The number of aromatic nitrogens is 3. The molecule has 2 aromatic carbocycles. The first-order valence-electron chi connectivity index (χ1n) is 15.7. The largest absolute Gasteiger partial charge is 0.475 e. The monoisotopic (exact) mass is 610 g/mol. The van der Waals surface area contributed by atoms with E-state index in [-0.39, 0.29) is 24.4 Å². The molecule has 2 saturated heterocycles. The maximum absolute atomic E-state index is 13.6. The van der Waals surface area contributed by atoms with Crippen molar-refractivity contribution in [3.8, 4) is 22.8 Å². The summed E-state index contributed by atoms with van der Waals surface area (Å²) in [5.41, 5.74) is 3.57. The van der Waals surface area contributed by atoms with Gasteiger partial charge in [-0.15, -0.1) is 5.10 Å². The molecule has 4 heterocycles. The van der Waals surface area contributed by atoms with E-state index in [9.17, 15) is 9.18 Å². The third-order valence-electron chi connectivity index (χ3n) is 8.29. The van der Waals surface area contributed by atoms with E-state index in [0.29, 0.717) is 55.9 Å². The molecule has 0 radical (unpaired) electrons. The molecule has 1 aromatic heterocycles. The van der Waals surface area contributed by atoms with E-state index in [0.717, 1.165) is 49.1 Å². The summed E-state index contributed by atoms with van der Waals surface area (Å²) in [6.07, 6.45) is 13.1. The van der Waals surface area contributed by atoms with E-state index in [1.165, 1.54) is 18.6 Å². The molecule has 234 valence electrons. The van der Waals surface area contributed by atoms with Crippen LogP contribution >= 0.6 is 0 Å². The van der Waals surface area contributed by atoms with Crippen LogP contribution in [-0.2, 0) is 20.8 Å². The average Bonchev–Trinajstić information content (AvgIpc) is 3.48.